The van der Waals surface area contributed by atoms with Crippen molar-refractivity contribution in [1.29, 1.82) is 0 Å². The number of anilines is 1. The first-order chi connectivity index (χ1) is 10.3. The lowest BCUT2D eigenvalue weighted by Crippen LogP contribution is -2.12. The minimum atomic E-state index is -0.187. The number of fused-ring (bicyclic) bond motifs is 1. The van der Waals surface area contributed by atoms with E-state index in [0.29, 0.717) is 5.92 Å². The van der Waals surface area contributed by atoms with E-state index in [4.69, 9.17) is 0 Å². The van der Waals surface area contributed by atoms with Crippen LogP contribution in [0.2, 0.25) is 0 Å². The molecule has 1 fully saturated rings. The average Bonchev–Trinajstić information content (AvgIpc) is 3.23. The second-order valence-corrected chi connectivity index (χ2v) is 5.68. The lowest BCUT2D eigenvalue weighted by Gasteiger charge is -2.20. The molecule has 1 aliphatic rings. The summed E-state index contributed by atoms with van der Waals surface area (Å²) in [5.74, 6) is 0.448. The number of aromatic nitrogens is 2. The molecule has 1 heterocycles. The standard InChI is InChI=1S/C17H16FN3/c18-14-5-3-12(4-6-14)17(11-1-2-11)20-15-7-8-16-13(9-15)10-19-21-16/h3-11,17,20H,1-2H2,(H,19,21). The maximum Gasteiger partial charge on any atom is 0.123 e. The van der Waals surface area contributed by atoms with Gasteiger partial charge in [-0.05, 0) is 54.7 Å². The predicted octanol–water partition coefficient (Wildman–Crippen LogP) is 4.27. The van der Waals surface area contributed by atoms with Crippen molar-refractivity contribution in [3.05, 3.63) is 60.0 Å². The topological polar surface area (TPSA) is 40.7 Å². The highest BCUT2D eigenvalue weighted by Gasteiger charge is 2.32. The SMILES string of the molecule is Fc1ccc(C(Nc2ccc3[nH]ncc3c2)C2CC2)cc1. The number of aromatic amines is 1. The Hall–Kier alpha value is -2.36. The fraction of sp³-hybridized carbons (Fsp3) is 0.235. The van der Waals surface area contributed by atoms with E-state index in [9.17, 15) is 4.39 Å². The van der Waals surface area contributed by atoms with Crippen LogP contribution in [0.4, 0.5) is 10.1 Å². The van der Waals surface area contributed by atoms with Gasteiger partial charge in [0.1, 0.15) is 5.82 Å². The normalized spacial score (nSPS) is 16.0. The van der Waals surface area contributed by atoms with Crippen molar-refractivity contribution in [2.24, 2.45) is 5.92 Å². The molecule has 0 spiro atoms. The molecule has 4 heteroatoms. The summed E-state index contributed by atoms with van der Waals surface area (Å²) in [5, 5.41) is 11.7. The summed E-state index contributed by atoms with van der Waals surface area (Å²) < 4.78 is 13.1. The third-order valence-corrected chi connectivity index (χ3v) is 4.08. The van der Waals surface area contributed by atoms with Gasteiger partial charge in [0.25, 0.3) is 0 Å². The van der Waals surface area contributed by atoms with Crippen molar-refractivity contribution >= 4 is 16.6 Å². The van der Waals surface area contributed by atoms with Crippen molar-refractivity contribution < 1.29 is 4.39 Å². The Bertz CT molecular complexity index is 759. The molecule has 3 nitrogen and oxygen atoms in total. The molecule has 1 aromatic heterocycles. The molecule has 2 aromatic carbocycles. The third-order valence-electron chi connectivity index (χ3n) is 4.08. The molecule has 0 saturated heterocycles. The monoisotopic (exact) mass is 281 g/mol. The summed E-state index contributed by atoms with van der Waals surface area (Å²) in [5.41, 5.74) is 3.25. The molecule has 3 aromatic rings. The Kier molecular flexibility index (Phi) is 2.88. The zero-order chi connectivity index (χ0) is 14.2. The van der Waals surface area contributed by atoms with E-state index in [1.165, 1.54) is 25.0 Å². The number of benzene rings is 2. The molecule has 1 aliphatic carbocycles. The van der Waals surface area contributed by atoms with Crippen LogP contribution in [0.1, 0.15) is 24.4 Å². The molecular weight excluding hydrogens is 265 g/mol. The Balaban J connectivity index is 1.63. The predicted molar refractivity (Wildman–Crippen MR) is 81.6 cm³/mol. The maximum atomic E-state index is 13.1. The number of hydrogen-bond acceptors (Lipinski definition) is 2. The summed E-state index contributed by atoms with van der Waals surface area (Å²) in [6.45, 7) is 0. The van der Waals surface area contributed by atoms with Gasteiger partial charge >= 0.3 is 0 Å². The number of hydrogen-bond donors (Lipinski definition) is 2. The highest BCUT2D eigenvalue weighted by Crippen LogP contribution is 2.43. The van der Waals surface area contributed by atoms with E-state index < -0.39 is 0 Å². The van der Waals surface area contributed by atoms with Crippen LogP contribution < -0.4 is 5.32 Å². The molecule has 1 atom stereocenters. The summed E-state index contributed by atoms with van der Waals surface area (Å²) >= 11 is 0. The molecule has 2 N–H and O–H groups in total. The highest BCUT2D eigenvalue weighted by atomic mass is 19.1. The zero-order valence-corrected chi connectivity index (χ0v) is 11.5. The average molecular weight is 281 g/mol. The number of nitrogens with zero attached hydrogens (tertiary/aromatic N) is 1. The van der Waals surface area contributed by atoms with Crippen molar-refractivity contribution in [2.75, 3.05) is 5.32 Å². The minimum absolute atomic E-state index is 0.187. The van der Waals surface area contributed by atoms with Crippen LogP contribution in [0.15, 0.2) is 48.7 Å². The minimum Gasteiger partial charge on any atom is -0.378 e. The first-order valence-electron chi connectivity index (χ1n) is 7.25. The highest BCUT2D eigenvalue weighted by molar-refractivity contribution is 5.81. The first kappa shape index (κ1) is 12.4. The Morgan fingerprint density at radius 2 is 1.95 bits per heavy atom. The molecule has 0 radical (unpaired) electrons. The van der Waals surface area contributed by atoms with Crippen LogP contribution in [0.25, 0.3) is 10.9 Å². The van der Waals surface area contributed by atoms with Crippen LogP contribution in [0.5, 0.6) is 0 Å². The van der Waals surface area contributed by atoms with Crippen molar-refractivity contribution in [2.45, 2.75) is 18.9 Å². The second kappa shape index (κ2) is 4.88. The van der Waals surface area contributed by atoms with E-state index in [1.54, 1.807) is 0 Å². The number of H-pyrrole nitrogens is 1. The van der Waals surface area contributed by atoms with Crippen molar-refractivity contribution in [3.8, 4) is 0 Å². The van der Waals surface area contributed by atoms with Gasteiger partial charge in [-0.2, -0.15) is 5.10 Å². The molecule has 4 rings (SSSR count). The van der Waals surface area contributed by atoms with Gasteiger partial charge in [0.2, 0.25) is 0 Å². The van der Waals surface area contributed by atoms with E-state index in [-0.39, 0.29) is 11.9 Å². The van der Waals surface area contributed by atoms with Gasteiger partial charge in [0.05, 0.1) is 17.8 Å². The van der Waals surface area contributed by atoms with Gasteiger partial charge in [0, 0.05) is 11.1 Å². The number of rotatable bonds is 4. The Morgan fingerprint density at radius 1 is 1.14 bits per heavy atom. The van der Waals surface area contributed by atoms with Crippen LogP contribution in [0.3, 0.4) is 0 Å². The maximum absolute atomic E-state index is 13.1. The zero-order valence-electron chi connectivity index (χ0n) is 11.5. The fourth-order valence-corrected chi connectivity index (χ4v) is 2.79. The quantitative estimate of drug-likeness (QED) is 0.750. The second-order valence-electron chi connectivity index (χ2n) is 5.68. The molecule has 21 heavy (non-hydrogen) atoms. The summed E-state index contributed by atoms with van der Waals surface area (Å²) in [7, 11) is 0. The van der Waals surface area contributed by atoms with E-state index in [2.05, 4.69) is 27.6 Å². The molecule has 1 unspecified atom stereocenters. The van der Waals surface area contributed by atoms with E-state index in [0.717, 1.165) is 22.2 Å². The largest absolute Gasteiger partial charge is 0.378 e. The van der Waals surface area contributed by atoms with Gasteiger partial charge < -0.3 is 5.32 Å². The van der Waals surface area contributed by atoms with Gasteiger partial charge in [-0.1, -0.05) is 12.1 Å². The van der Waals surface area contributed by atoms with Crippen LogP contribution >= 0.6 is 0 Å². The van der Waals surface area contributed by atoms with Crippen LogP contribution in [-0.4, -0.2) is 10.2 Å². The van der Waals surface area contributed by atoms with Crippen LogP contribution in [0, 0.1) is 11.7 Å². The third kappa shape index (κ3) is 2.49. The molecule has 106 valence electrons. The summed E-state index contributed by atoms with van der Waals surface area (Å²) in [6.07, 6.45) is 4.27. The van der Waals surface area contributed by atoms with Crippen molar-refractivity contribution in [1.82, 2.24) is 10.2 Å². The van der Waals surface area contributed by atoms with Gasteiger partial charge in [0.15, 0.2) is 0 Å². The molecule has 0 aliphatic heterocycles. The van der Waals surface area contributed by atoms with Gasteiger partial charge in [-0.3, -0.25) is 5.10 Å². The van der Waals surface area contributed by atoms with Gasteiger partial charge in [-0.25, -0.2) is 4.39 Å². The molecule has 0 amide bonds. The molecular formula is C17H16FN3. The summed E-state index contributed by atoms with van der Waals surface area (Å²) in [4.78, 5) is 0. The first-order valence-corrected chi connectivity index (χ1v) is 7.25. The number of nitrogens with one attached hydrogen (secondary N) is 2. The molecule has 0 bridgehead atoms. The van der Waals surface area contributed by atoms with Crippen molar-refractivity contribution in [3.63, 3.8) is 0 Å². The molecule has 1 saturated carbocycles. The van der Waals surface area contributed by atoms with Crippen LogP contribution in [-0.2, 0) is 0 Å². The van der Waals surface area contributed by atoms with Gasteiger partial charge in [-0.15, -0.1) is 0 Å². The lowest BCUT2D eigenvalue weighted by atomic mass is 10.0. The van der Waals surface area contributed by atoms with E-state index in [1.807, 2.05) is 24.4 Å². The van der Waals surface area contributed by atoms with E-state index >= 15 is 0 Å². The lowest BCUT2D eigenvalue weighted by molar-refractivity contribution is 0.622. The summed E-state index contributed by atoms with van der Waals surface area (Å²) in [6, 6.07) is 13.2. The fourth-order valence-electron chi connectivity index (χ4n) is 2.79. The number of halogens is 1. The Morgan fingerprint density at radius 3 is 2.71 bits per heavy atom. The smallest absolute Gasteiger partial charge is 0.123 e. The Labute approximate surface area is 122 Å².